The number of nitrogens with zero attached hydrogens (tertiary/aromatic N) is 2. The molecule has 4 heteroatoms. The molecule has 0 atom stereocenters. The van der Waals surface area contributed by atoms with Gasteiger partial charge in [-0.15, -0.1) is 11.3 Å². The van der Waals surface area contributed by atoms with E-state index >= 15 is 0 Å². The molecule has 0 aliphatic carbocycles. The third kappa shape index (κ3) is 1.80. The van der Waals surface area contributed by atoms with Crippen molar-refractivity contribution in [2.75, 3.05) is 5.73 Å². The van der Waals surface area contributed by atoms with Crippen LogP contribution < -0.4 is 5.73 Å². The molecule has 0 amide bonds. The number of thiophene rings is 1. The Balaban J connectivity index is 2.59. The molecule has 0 aliphatic rings. The van der Waals surface area contributed by atoms with Gasteiger partial charge < -0.3 is 5.73 Å². The molecule has 84 valence electrons. The summed E-state index contributed by atoms with van der Waals surface area (Å²) in [4.78, 5) is 10.0. The lowest BCUT2D eigenvalue weighted by Crippen LogP contribution is -2.03. The van der Waals surface area contributed by atoms with Crippen LogP contribution >= 0.6 is 11.3 Å². The van der Waals surface area contributed by atoms with E-state index in [1.54, 1.807) is 11.3 Å². The van der Waals surface area contributed by atoms with Crippen molar-refractivity contribution < 1.29 is 0 Å². The van der Waals surface area contributed by atoms with Gasteiger partial charge in [-0.05, 0) is 37.3 Å². The summed E-state index contributed by atoms with van der Waals surface area (Å²) in [7, 11) is 0. The van der Waals surface area contributed by atoms with Crippen molar-refractivity contribution in [3.05, 3.63) is 28.3 Å². The van der Waals surface area contributed by atoms with E-state index in [2.05, 4.69) is 35.3 Å². The second-order valence-corrected chi connectivity index (χ2v) is 4.71. The second-order valence-electron chi connectivity index (χ2n) is 3.79. The van der Waals surface area contributed by atoms with Gasteiger partial charge in [0.25, 0.3) is 0 Å². The minimum absolute atomic E-state index is 0.592. The number of anilines is 1. The number of rotatable bonds is 2. The Morgan fingerprint density at radius 2 is 2.06 bits per heavy atom. The average molecular weight is 233 g/mol. The fourth-order valence-electron chi connectivity index (χ4n) is 1.63. The zero-order valence-corrected chi connectivity index (χ0v) is 10.6. The largest absolute Gasteiger partial charge is 0.383 e. The molecule has 0 aliphatic heterocycles. The Kier molecular flexibility index (Phi) is 2.92. The van der Waals surface area contributed by atoms with E-state index in [0.717, 1.165) is 28.4 Å². The summed E-state index contributed by atoms with van der Waals surface area (Å²) in [5.41, 5.74) is 9.15. The maximum Gasteiger partial charge on any atom is 0.172 e. The van der Waals surface area contributed by atoms with Gasteiger partial charge in [0.1, 0.15) is 5.82 Å². The molecule has 0 saturated heterocycles. The Morgan fingerprint density at radius 1 is 1.31 bits per heavy atom. The highest BCUT2D eigenvalue weighted by Gasteiger charge is 2.11. The van der Waals surface area contributed by atoms with Gasteiger partial charge >= 0.3 is 0 Å². The topological polar surface area (TPSA) is 51.8 Å². The third-order valence-electron chi connectivity index (χ3n) is 2.68. The van der Waals surface area contributed by atoms with Crippen LogP contribution in [-0.2, 0) is 6.42 Å². The van der Waals surface area contributed by atoms with Crippen LogP contribution in [-0.4, -0.2) is 9.97 Å². The molecule has 0 bridgehead atoms. The first-order valence-electron chi connectivity index (χ1n) is 5.31. The Labute approximate surface area is 99.4 Å². The van der Waals surface area contributed by atoms with Crippen molar-refractivity contribution >= 4 is 17.2 Å². The first-order chi connectivity index (χ1) is 7.63. The second kappa shape index (κ2) is 4.22. The summed E-state index contributed by atoms with van der Waals surface area (Å²) in [6.07, 6.45) is 0.885. The summed E-state index contributed by atoms with van der Waals surface area (Å²) in [5.74, 6) is 1.35. The molecule has 0 fully saturated rings. The number of aryl methyl sites for hydroxylation is 2. The highest BCUT2D eigenvalue weighted by Crippen LogP contribution is 2.28. The molecule has 3 nitrogen and oxygen atoms in total. The van der Waals surface area contributed by atoms with Crippen LogP contribution in [0.25, 0.3) is 10.7 Å². The van der Waals surface area contributed by atoms with Gasteiger partial charge in [-0.25, -0.2) is 9.97 Å². The van der Waals surface area contributed by atoms with Crippen LogP contribution in [0.5, 0.6) is 0 Å². The van der Waals surface area contributed by atoms with Crippen LogP contribution in [0.2, 0.25) is 0 Å². The first kappa shape index (κ1) is 11.1. The monoisotopic (exact) mass is 233 g/mol. The maximum atomic E-state index is 5.91. The first-order valence-corrected chi connectivity index (χ1v) is 6.19. The summed E-state index contributed by atoms with van der Waals surface area (Å²) in [6.45, 7) is 6.12. The molecule has 0 aromatic carbocycles. The highest BCUT2D eigenvalue weighted by molar-refractivity contribution is 7.13. The van der Waals surface area contributed by atoms with E-state index in [1.807, 2.05) is 6.92 Å². The minimum atomic E-state index is 0.592. The molecule has 2 rings (SSSR count). The van der Waals surface area contributed by atoms with Crippen LogP contribution in [0.3, 0.4) is 0 Å². The van der Waals surface area contributed by atoms with Gasteiger partial charge in [-0.3, -0.25) is 0 Å². The third-order valence-corrected chi connectivity index (χ3v) is 3.70. The zero-order chi connectivity index (χ0) is 11.7. The molecule has 2 aromatic heterocycles. The lowest BCUT2D eigenvalue weighted by molar-refractivity contribution is 0.983. The van der Waals surface area contributed by atoms with E-state index in [9.17, 15) is 0 Å². The summed E-state index contributed by atoms with van der Waals surface area (Å²) >= 11 is 1.66. The fourth-order valence-corrected chi connectivity index (χ4v) is 2.49. The van der Waals surface area contributed by atoms with Crippen molar-refractivity contribution in [2.24, 2.45) is 0 Å². The number of hydrogen-bond acceptors (Lipinski definition) is 4. The Hall–Kier alpha value is -1.42. The number of nitrogen functional groups attached to an aromatic ring is 1. The van der Waals surface area contributed by atoms with Crippen molar-refractivity contribution in [1.82, 2.24) is 9.97 Å². The van der Waals surface area contributed by atoms with Gasteiger partial charge in [0.05, 0.1) is 4.88 Å². The van der Waals surface area contributed by atoms with E-state index in [1.165, 1.54) is 5.56 Å². The maximum absolute atomic E-state index is 5.91. The predicted molar refractivity (Wildman–Crippen MR) is 68.6 cm³/mol. The molecule has 2 N–H and O–H groups in total. The lowest BCUT2D eigenvalue weighted by Gasteiger charge is -2.07. The molecule has 2 aromatic rings. The van der Waals surface area contributed by atoms with E-state index < -0.39 is 0 Å². The molecular formula is C12H15N3S. The molecule has 16 heavy (non-hydrogen) atoms. The summed E-state index contributed by atoms with van der Waals surface area (Å²) in [6, 6.07) is 2.07. The molecular weight excluding hydrogens is 218 g/mol. The normalized spacial score (nSPS) is 10.7. The predicted octanol–water partition coefficient (Wildman–Crippen LogP) is 2.97. The van der Waals surface area contributed by atoms with Gasteiger partial charge in [-0.1, -0.05) is 6.92 Å². The number of aromatic nitrogens is 2. The molecule has 0 unspecified atom stereocenters. The van der Waals surface area contributed by atoms with Crippen molar-refractivity contribution in [3.8, 4) is 10.7 Å². The average Bonchev–Trinajstić information content (AvgIpc) is 2.68. The van der Waals surface area contributed by atoms with E-state index in [-0.39, 0.29) is 0 Å². The lowest BCUT2D eigenvalue weighted by atomic mass is 10.2. The SMILES string of the molecule is CCc1nc(-c2sccc2C)nc(N)c1C. The summed E-state index contributed by atoms with van der Waals surface area (Å²) in [5, 5.41) is 2.05. The van der Waals surface area contributed by atoms with Gasteiger partial charge in [0.2, 0.25) is 0 Å². The molecule has 2 heterocycles. The highest BCUT2D eigenvalue weighted by atomic mass is 32.1. The van der Waals surface area contributed by atoms with Gasteiger partial charge in [-0.2, -0.15) is 0 Å². The van der Waals surface area contributed by atoms with Crippen molar-refractivity contribution in [3.63, 3.8) is 0 Å². The smallest absolute Gasteiger partial charge is 0.172 e. The number of nitrogens with two attached hydrogens (primary N) is 1. The van der Waals surface area contributed by atoms with Crippen LogP contribution in [0, 0.1) is 13.8 Å². The minimum Gasteiger partial charge on any atom is -0.383 e. The van der Waals surface area contributed by atoms with Crippen LogP contribution in [0.4, 0.5) is 5.82 Å². The van der Waals surface area contributed by atoms with E-state index in [0.29, 0.717) is 5.82 Å². The molecule has 0 saturated carbocycles. The molecule has 0 radical (unpaired) electrons. The van der Waals surface area contributed by atoms with Crippen molar-refractivity contribution in [1.29, 1.82) is 0 Å². The van der Waals surface area contributed by atoms with Crippen LogP contribution in [0.1, 0.15) is 23.7 Å². The Morgan fingerprint density at radius 3 is 2.62 bits per heavy atom. The van der Waals surface area contributed by atoms with E-state index in [4.69, 9.17) is 5.73 Å². The molecule has 0 spiro atoms. The number of hydrogen-bond donors (Lipinski definition) is 1. The van der Waals surface area contributed by atoms with Crippen molar-refractivity contribution in [2.45, 2.75) is 27.2 Å². The summed E-state index contributed by atoms with van der Waals surface area (Å²) < 4.78 is 0. The zero-order valence-electron chi connectivity index (χ0n) is 9.74. The van der Waals surface area contributed by atoms with Gasteiger partial charge in [0.15, 0.2) is 5.82 Å². The quantitative estimate of drug-likeness (QED) is 0.867. The Bertz CT molecular complexity index is 517. The fraction of sp³-hybridized carbons (Fsp3) is 0.333. The standard InChI is InChI=1S/C12H15N3S/c1-4-9-8(3)11(13)15-12(14-9)10-7(2)5-6-16-10/h5-6H,4H2,1-3H3,(H2,13,14,15). The van der Waals surface area contributed by atoms with Crippen LogP contribution in [0.15, 0.2) is 11.4 Å². The van der Waals surface area contributed by atoms with Gasteiger partial charge in [0, 0.05) is 11.3 Å².